The third-order valence-electron chi connectivity index (χ3n) is 4.18. The highest BCUT2D eigenvalue weighted by molar-refractivity contribution is 7.99. The molecule has 2 aromatic rings. The van der Waals surface area contributed by atoms with Gasteiger partial charge in [0.2, 0.25) is 11.1 Å². The fourth-order valence-corrected chi connectivity index (χ4v) is 3.72. The van der Waals surface area contributed by atoms with Crippen molar-refractivity contribution in [2.45, 2.75) is 43.3 Å². The number of carbonyl (C=O) groups is 1. The van der Waals surface area contributed by atoms with Crippen LogP contribution in [0.1, 0.15) is 32.1 Å². The quantitative estimate of drug-likeness (QED) is 0.747. The molecule has 8 heteroatoms. The second-order valence-electron chi connectivity index (χ2n) is 6.00. The number of ether oxygens (including phenoxy) is 1. The third-order valence-corrected chi connectivity index (χ3v) is 5.27. The van der Waals surface area contributed by atoms with E-state index in [1.54, 1.807) is 25.3 Å². The molecule has 0 spiro atoms. The van der Waals surface area contributed by atoms with E-state index in [-0.39, 0.29) is 5.91 Å². The van der Waals surface area contributed by atoms with E-state index in [1.807, 2.05) is 0 Å². The summed E-state index contributed by atoms with van der Waals surface area (Å²) >= 11 is 7.36. The minimum Gasteiger partial charge on any atom is -0.496 e. The van der Waals surface area contributed by atoms with E-state index in [1.165, 1.54) is 31.0 Å². The van der Waals surface area contributed by atoms with Gasteiger partial charge in [-0.25, -0.2) is 4.98 Å². The summed E-state index contributed by atoms with van der Waals surface area (Å²) < 4.78 is 5.33. The highest BCUT2D eigenvalue weighted by atomic mass is 35.5. The van der Waals surface area contributed by atoms with Crippen LogP contribution in [-0.2, 0) is 4.79 Å². The molecule has 25 heavy (non-hydrogen) atoms. The molecule has 1 aromatic carbocycles. The van der Waals surface area contributed by atoms with Gasteiger partial charge in [0.1, 0.15) is 5.75 Å². The molecule has 1 aromatic heterocycles. The van der Waals surface area contributed by atoms with Gasteiger partial charge >= 0.3 is 0 Å². The standard InChI is InChI=1S/C17H21ClN4O2S/c1-24-14-8-7-11(18)9-13(14)16-20-17(22-21-16)25-10-15(23)19-12-5-3-2-4-6-12/h7-9,12H,2-6,10H2,1H3,(H,19,23)(H,20,21,22). The summed E-state index contributed by atoms with van der Waals surface area (Å²) in [5, 5.41) is 11.2. The Bertz CT molecular complexity index is 731. The van der Waals surface area contributed by atoms with Gasteiger partial charge < -0.3 is 10.1 Å². The van der Waals surface area contributed by atoms with Gasteiger partial charge in [-0.15, -0.1) is 5.10 Å². The highest BCUT2D eigenvalue weighted by Crippen LogP contribution is 2.31. The van der Waals surface area contributed by atoms with E-state index >= 15 is 0 Å². The molecule has 2 N–H and O–H groups in total. The van der Waals surface area contributed by atoms with Gasteiger partial charge in [-0.05, 0) is 31.0 Å². The second kappa shape index (κ2) is 8.58. The van der Waals surface area contributed by atoms with Gasteiger partial charge in [-0.2, -0.15) is 0 Å². The first-order chi connectivity index (χ1) is 12.2. The second-order valence-corrected chi connectivity index (χ2v) is 7.38. The normalized spacial score (nSPS) is 15.1. The maximum Gasteiger partial charge on any atom is 0.230 e. The molecule has 1 amide bonds. The lowest BCUT2D eigenvalue weighted by Gasteiger charge is -2.22. The van der Waals surface area contributed by atoms with E-state index in [0.717, 1.165) is 18.4 Å². The van der Waals surface area contributed by atoms with Crippen LogP contribution in [0.15, 0.2) is 23.4 Å². The van der Waals surface area contributed by atoms with Crippen LogP contribution in [0.2, 0.25) is 5.02 Å². The Kier molecular flexibility index (Phi) is 6.20. The third kappa shape index (κ3) is 4.89. The van der Waals surface area contributed by atoms with Crippen molar-refractivity contribution in [3.8, 4) is 17.1 Å². The van der Waals surface area contributed by atoms with E-state index in [4.69, 9.17) is 16.3 Å². The number of halogens is 1. The molecule has 0 aliphatic heterocycles. The van der Waals surface area contributed by atoms with Crippen molar-refractivity contribution in [2.75, 3.05) is 12.9 Å². The van der Waals surface area contributed by atoms with Crippen molar-refractivity contribution < 1.29 is 9.53 Å². The lowest BCUT2D eigenvalue weighted by atomic mass is 9.95. The summed E-state index contributed by atoms with van der Waals surface area (Å²) in [5.41, 5.74) is 0.737. The predicted molar refractivity (Wildman–Crippen MR) is 99.1 cm³/mol. The molecule has 1 fully saturated rings. The molecule has 1 aliphatic carbocycles. The number of thioether (sulfide) groups is 1. The summed E-state index contributed by atoms with van der Waals surface area (Å²) in [4.78, 5) is 16.5. The molecule has 0 atom stereocenters. The summed E-state index contributed by atoms with van der Waals surface area (Å²) in [6.45, 7) is 0. The monoisotopic (exact) mass is 380 g/mol. The summed E-state index contributed by atoms with van der Waals surface area (Å²) in [5.74, 6) is 1.56. The van der Waals surface area contributed by atoms with Crippen molar-refractivity contribution in [3.05, 3.63) is 23.2 Å². The van der Waals surface area contributed by atoms with Crippen LogP contribution in [-0.4, -0.2) is 40.0 Å². The average Bonchev–Trinajstić information content (AvgIpc) is 3.10. The Morgan fingerprint density at radius 1 is 1.40 bits per heavy atom. The molecule has 1 saturated carbocycles. The number of H-pyrrole nitrogens is 1. The molecule has 6 nitrogen and oxygen atoms in total. The van der Waals surface area contributed by atoms with Crippen molar-refractivity contribution in [3.63, 3.8) is 0 Å². The zero-order chi connectivity index (χ0) is 17.6. The van der Waals surface area contributed by atoms with Gasteiger partial charge in [-0.3, -0.25) is 9.89 Å². The van der Waals surface area contributed by atoms with Crippen LogP contribution in [0.4, 0.5) is 0 Å². The number of nitrogens with one attached hydrogen (secondary N) is 2. The zero-order valence-electron chi connectivity index (χ0n) is 14.0. The van der Waals surface area contributed by atoms with Gasteiger partial charge in [0, 0.05) is 11.1 Å². The maximum absolute atomic E-state index is 12.1. The Morgan fingerprint density at radius 3 is 2.96 bits per heavy atom. The fraction of sp³-hybridized carbons (Fsp3) is 0.471. The first-order valence-corrected chi connectivity index (χ1v) is 9.70. The molecule has 0 radical (unpaired) electrons. The number of amides is 1. The predicted octanol–water partition coefficient (Wildman–Crippen LogP) is 3.67. The van der Waals surface area contributed by atoms with Gasteiger partial charge in [0.25, 0.3) is 0 Å². The summed E-state index contributed by atoms with van der Waals surface area (Å²) in [6.07, 6.45) is 5.83. The Morgan fingerprint density at radius 2 is 2.20 bits per heavy atom. The number of hydrogen-bond donors (Lipinski definition) is 2. The number of carbonyl (C=O) groups excluding carboxylic acids is 1. The summed E-state index contributed by atoms with van der Waals surface area (Å²) in [7, 11) is 1.59. The zero-order valence-corrected chi connectivity index (χ0v) is 15.6. The average molecular weight is 381 g/mol. The molecule has 0 unspecified atom stereocenters. The lowest BCUT2D eigenvalue weighted by molar-refractivity contribution is -0.119. The highest BCUT2D eigenvalue weighted by Gasteiger charge is 2.17. The van der Waals surface area contributed by atoms with E-state index in [0.29, 0.717) is 33.5 Å². The Balaban J connectivity index is 1.58. The minimum atomic E-state index is 0.0311. The van der Waals surface area contributed by atoms with Crippen LogP contribution in [0.3, 0.4) is 0 Å². The number of aromatic amines is 1. The number of methoxy groups -OCH3 is 1. The van der Waals surface area contributed by atoms with E-state index in [2.05, 4.69) is 20.5 Å². The number of rotatable bonds is 6. The van der Waals surface area contributed by atoms with Crippen LogP contribution < -0.4 is 10.1 Å². The minimum absolute atomic E-state index is 0.0311. The fourth-order valence-electron chi connectivity index (χ4n) is 2.94. The van der Waals surface area contributed by atoms with Crippen LogP contribution in [0.5, 0.6) is 5.75 Å². The van der Waals surface area contributed by atoms with Crippen molar-refractivity contribution in [2.24, 2.45) is 0 Å². The summed E-state index contributed by atoms with van der Waals surface area (Å²) in [6, 6.07) is 5.63. The van der Waals surface area contributed by atoms with Crippen molar-refractivity contribution >= 4 is 29.3 Å². The number of hydrogen-bond acceptors (Lipinski definition) is 5. The van der Waals surface area contributed by atoms with Gasteiger partial charge in [-0.1, -0.05) is 42.6 Å². The molecule has 3 rings (SSSR count). The smallest absolute Gasteiger partial charge is 0.230 e. The molecular formula is C17H21ClN4O2S. The maximum atomic E-state index is 12.1. The van der Waals surface area contributed by atoms with Crippen LogP contribution >= 0.6 is 23.4 Å². The molecular weight excluding hydrogens is 360 g/mol. The van der Waals surface area contributed by atoms with Crippen LogP contribution in [0, 0.1) is 0 Å². The largest absolute Gasteiger partial charge is 0.496 e. The van der Waals surface area contributed by atoms with Gasteiger partial charge in [0.05, 0.1) is 18.4 Å². The Hall–Kier alpha value is -1.73. The SMILES string of the molecule is COc1ccc(Cl)cc1-c1nc(SCC(=O)NC2CCCCC2)n[nH]1. The number of aromatic nitrogens is 3. The topological polar surface area (TPSA) is 79.9 Å². The molecule has 0 saturated heterocycles. The molecule has 1 heterocycles. The number of benzene rings is 1. The van der Waals surface area contributed by atoms with E-state index in [9.17, 15) is 4.79 Å². The van der Waals surface area contributed by atoms with Crippen molar-refractivity contribution in [1.29, 1.82) is 0 Å². The van der Waals surface area contributed by atoms with Crippen molar-refractivity contribution in [1.82, 2.24) is 20.5 Å². The molecule has 1 aliphatic rings. The lowest BCUT2D eigenvalue weighted by Crippen LogP contribution is -2.37. The first kappa shape index (κ1) is 18.1. The number of nitrogens with zero attached hydrogens (tertiary/aromatic N) is 2. The molecule has 0 bridgehead atoms. The Labute approximate surface area is 156 Å². The molecule has 134 valence electrons. The van der Waals surface area contributed by atoms with Gasteiger partial charge in [0.15, 0.2) is 5.82 Å². The van der Waals surface area contributed by atoms with Crippen LogP contribution in [0.25, 0.3) is 11.4 Å². The first-order valence-electron chi connectivity index (χ1n) is 8.34. The van der Waals surface area contributed by atoms with E-state index < -0.39 is 0 Å².